The number of aryl methyl sites for hydroxylation is 3. The van der Waals surface area contributed by atoms with Crippen LogP contribution in [-0.2, 0) is 24.0 Å². The number of thiophene rings is 1. The normalized spacial score (nSPS) is 18.9. The average molecular weight is 331 g/mol. The number of morpholine rings is 1. The zero-order chi connectivity index (χ0) is 15.6. The Labute approximate surface area is 141 Å². The molecule has 0 saturated carbocycles. The first-order chi connectivity index (χ1) is 11.4. The van der Waals surface area contributed by atoms with Gasteiger partial charge in [0.25, 0.3) is 0 Å². The van der Waals surface area contributed by atoms with E-state index in [2.05, 4.69) is 11.8 Å². The maximum atomic E-state index is 5.54. The molecular weight excluding hydrogens is 306 g/mol. The van der Waals surface area contributed by atoms with Crippen molar-refractivity contribution in [2.45, 2.75) is 51.9 Å². The number of hydrogen-bond donors (Lipinski definition) is 0. The summed E-state index contributed by atoms with van der Waals surface area (Å²) in [6, 6.07) is 0. The predicted molar refractivity (Wildman–Crippen MR) is 95.7 cm³/mol. The van der Waals surface area contributed by atoms with Gasteiger partial charge in [-0.25, -0.2) is 9.97 Å². The second-order valence-electron chi connectivity index (χ2n) is 6.56. The highest BCUT2D eigenvalue weighted by atomic mass is 32.1. The van der Waals surface area contributed by atoms with Gasteiger partial charge in [-0.1, -0.05) is 13.3 Å². The Hall–Kier alpha value is -1.20. The van der Waals surface area contributed by atoms with Crippen LogP contribution in [0.15, 0.2) is 0 Å². The third kappa shape index (κ3) is 2.96. The Balaban J connectivity index is 1.87. The smallest absolute Gasteiger partial charge is 0.141 e. The Kier molecular flexibility index (Phi) is 4.49. The van der Waals surface area contributed by atoms with Gasteiger partial charge in [-0.3, -0.25) is 0 Å². The fourth-order valence-electron chi connectivity index (χ4n) is 3.70. The van der Waals surface area contributed by atoms with Crippen LogP contribution >= 0.6 is 11.3 Å². The summed E-state index contributed by atoms with van der Waals surface area (Å²) in [7, 11) is 0. The first-order valence-electron chi connectivity index (χ1n) is 9.00. The lowest BCUT2D eigenvalue weighted by Crippen LogP contribution is -2.37. The van der Waals surface area contributed by atoms with Crippen molar-refractivity contribution in [2.24, 2.45) is 0 Å². The molecule has 0 spiro atoms. The molecule has 0 atom stereocenters. The lowest BCUT2D eigenvalue weighted by Gasteiger charge is -2.29. The number of ether oxygens (including phenoxy) is 1. The predicted octanol–water partition coefficient (Wildman–Crippen LogP) is 3.75. The highest BCUT2D eigenvalue weighted by Gasteiger charge is 2.24. The number of anilines is 1. The minimum absolute atomic E-state index is 0.806. The van der Waals surface area contributed by atoms with Crippen molar-refractivity contribution < 1.29 is 4.74 Å². The molecule has 0 N–H and O–H groups in total. The fraction of sp³-hybridized carbons (Fsp3) is 0.667. The molecule has 5 heteroatoms. The van der Waals surface area contributed by atoms with E-state index in [9.17, 15) is 0 Å². The van der Waals surface area contributed by atoms with Gasteiger partial charge in [0, 0.05) is 24.4 Å². The summed E-state index contributed by atoms with van der Waals surface area (Å²) in [5.74, 6) is 2.19. The van der Waals surface area contributed by atoms with Crippen molar-refractivity contribution in [3.63, 3.8) is 0 Å². The summed E-state index contributed by atoms with van der Waals surface area (Å²) in [6.45, 7) is 5.71. The molecule has 1 aliphatic carbocycles. The molecule has 0 aromatic carbocycles. The van der Waals surface area contributed by atoms with Gasteiger partial charge in [-0.15, -0.1) is 11.3 Å². The van der Waals surface area contributed by atoms with Gasteiger partial charge < -0.3 is 9.64 Å². The molecule has 0 unspecified atom stereocenters. The minimum Gasteiger partial charge on any atom is -0.378 e. The van der Waals surface area contributed by atoms with Crippen LogP contribution in [0.1, 0.15) is 48.9 Å². The van der Waals surface area contributed by atoms with E-state index in [1.165, 1.54) is 48.1 Å². The van der Waals surface area contributed by atoms with Crippen LogP contribution in [0, 0.1) is 0 Å². The second-order valence-corrected chi connectivity index (χ2v) is 7.64. The average Bonchev–Trinajstić information content (AvgIpc) is 2.76. The van der Waals surface area contributed by atoms with E-state index in [0.717, 1.165) is 45.0 Å². The molecular formula is C18H25N3OS. The first kappa shape index (κ1) is 15.3. The molecule has 1 saturated heterocycles. The molecule has 1 fully saturated rings. The van der Waals surface area contributed by atoms with Crippen molar-refractivity contribution in [1.29, 1.82) is 0 Å². The van der Waals surface area contributed by atoms with E-state index in [4.69, 9.17) is 14.7 Å². The molecule has 0 bridgehead atoms. The second kappa shape index (κ2) is 6.73. The van der Waals surface area contributed by atoms with Crippen LogP contribution in [0.25, 0.3) is 10.2 Å². The SMILES string of the molecule is CCCc1nc(N2CCOCC2)c2c3c(sc2n1)CCCCC3. The fourth-order valence-corrected chi connectivity index (χ4v) is 4.97. The highest BCUT2D eigenvalue weighted by molar-refractivity contribution is 7.19. The Bertz CT molecular complexity index is 691. The summed E-state index contributed by atoms with van der Waals surface area (Å²) < 4.78 is 5.54. The molecule has 124 valence electrons. The quantitative estimate of drug-likeness (QED) is 0.803. The van der Waals surface area contributed by atoms with E-state index in [1.54, 1.807) is 10.4 Å². The van der Waals surface area contributed by atoms with E-state index >= 15 is 0 Å². The monoisotopic (exact) mass is 331 g/mol. The van der Waals surface area contributed by atoms with Crippen molar-refractivity contribution >= 4 is 27.4 Å². The molecule has 23 heavy (non-hydrogen) atoms. The van der Waals surface area contributed by atoms with E-state index in [1.807, 2.05) is 11.3 Å². The number of nitrogens with zero attached hydrogens (tertiary/aromatic N) is 3. The van der Waals surface area contributed by atoms with Crippen LogP contribution < -0.4 is 4.90 Å². The van der Waals surface area contributed by atoms with Crippen LogP contribution in [0.5, 0.6) is 0 Å². The highest BCUT2D eigenvalue weighted by Crippen LogP contribution is 2.39. The van der Waals surface area contributed by atoms with E-state index in [0.29, 0.717) is 0 Å². The summed E-state index contributed by atoms with van der Waals surface area (Å²) in [4.78, 5) is 15.1. The van der Waals surface area contributed by atoms with Crippen LogP contribution in [0.3, 0.4) is 0 Å². The first-order valence-corrected chi connectivity index (χ1v) is 9.82. The van der Waals surface area contributed by atoms with Crippen molar-refractivity contribution in [2.75, 3.05) is 31.2 Å². The van der Waals surface area contributed by atoms with Gasteiger partial charge in [0.2, 0.25) is 0 Å². The molecule has 3 heterocycles. The van der Waals surface area contributed by atoms with Crippen molar-refractivity contribution in [3.8, 4) is 0 Å². The zero-order valence-electron chi connectivity index (χ0n) is 13.9. The molecule has 0 radical (unpaired) electrons. The zero-order valence-corrected chi connectivity index (χ0v) is 14.8. The number of aromatic nitrogens is 2. The summed E-state index contributed by atoms with van der Waals surface area (Å²) >= 11 is 1.92. The van der Waals surface area contributed by atoms with Gasteiger partial charge in [0.1, 0.15) is 16.5 Å². The number of hydrogen-bond acceptors (Lipinski definition) is 5. The minimum atomic E-state index is 0.806. The van der Waals surface area contributed by atoms with E-state index in [-0.39, 0.29) is 0 Å². The molecule has 4 nitrogen and oxygen atoms in total. The largest absolute Gasteiger partial charge is 0.378 e. The van der Waals surface area contributed by atoms with Crippen molar-refractivity contribution in [1.82, 2.24) is 9.97 Å². The van der Waals surface area contributed by atoms with Gasteiger partial charge >= 0.3 is 0 Å². The summed E-state index contributed by atoms with van der Waals surface area (Å²) in [6.07, 6.45) is 8.46. The Morgan fingerprint density at radius 2 is 1.91 bits per heavy atom. The third-order valence-corrected chi connectivity index (χ3v) is 6.06. The Morgan fingerprint density at radius 3 is 2.74 bits per heavy atom. The standard InChI is InChI=1S/C18H25N3OS/c1-2-6-15-19-17(21-9-11-22-12-10-21)16-13-7-4-3-5-8-14(13)23-18(16)20-15/h2-12H2,1H3. The van der Waals surface area contributed by atoms with Gasteiger partial charge in [0.05, 0.1) is 18.6 Å². The summed E-state index contributed by atoms with van der Waals surface area (Å²) in [5.41, 5.74) is 1.55. The van der Waals surface area contributed by atoms with Crippen molar-refractivity contribution in [3.05, 3.63) is 16.3 Å². The van der Waals surface area contributed by atoms with Gasteiger partial charge in [-0.2, -0.15) is 0 Å². The van der Waals surface area contributed by atoms with Gasteiger partial charge in [-0.05, 0) is 37.7 Å². The number of rotatable bonds is 3. The Morgan fingerprint density at radius 1 is 1.09 bits per heavy atom. The molecule has 4 rings (SSSR count). The van der Waals surface area contributed by atoms with Crippen LogP contribution in [-0.4, -0.2) is 36.3 Å². The molecule has 2 aromatic rings. The van der Waals surface area contributed by atoms with E-state index < -0.39 is 0 Å². The summed E-state index contributed by atoms with van der Waals surface area (Å²) in [5, 5.41) is 1.36. The maximum Gasteiger partial charge on any atom is 0.141 e. The van der Waals surface area contributed by atoms with Gasteiger partial charge in [0.15, 0.2) is 0 Å². The molecule has 2 aliphatic rings. The third-order valence-electron chi connectivity index (χ3n) is 4.88. The molecule has 0 amide bonds. The molecule has 1 aliphatic heterocycles. The maximum absolute atomic E-state index is 5.54. The lowest BCUT2D eigenvalue weighted by atomic mass is 10.1. The topological polar surface area (TPSA) is 38.2 Å². The molecule has 2 aromatic heterocycles. The van der Waals surface area contributed by atoms with Crippen LogP contribution in [0.4, 0.5) is 5.82 Å². The lowest BCUT2D eigenvalue weighted by molar-refractivity contribution is 0.122. The van der Waals surface area contributed by atoms with Crippen LogP contribution in [0.2, 0.25) is 0 Å². The number of fused-ring (bicyclic) bond motifs is 3.